The maximum Gasteiger partial charge on any atom is 0.245 e. The van der Waals surface area contributed by atoms with Crippen molar-refractivity contribution in [1.82, 2.24) is 30.2 Å². The van der Waals surface area contributed by atoms with E-state index in [2.05, 4.69) is 26.6 Å². The van der Waals surface area contributed by atoms with Crippen LogP contribution in [0.5, 0.6) is 0 Å². The number of nitrogens with zero attached hydrogens (tertiary/aromatic N) is 4. The lowest BCUT2D eigenvalue weighted by atomic mass is 9.80. The number of aliphatic hydroxyl groups is 1. The molecule has 4 saturated carbocycles. The van der Waals surface area contributed by atoms with E-state index < -0.39 is 18.2 Å². The highest BCUT2D eigenvalue weighted by molar-refractivity contribution is 6.20. The number of amides is 3. The van der Waals surface area contributed by atoms with Crippen molar-refractivity contribution >= 4 is 29.3 Å². The van der Waals surface area contributed by atoms with Crippen molar-refractivity contribution in [2.45, 2.75) is 164 Å². The molecule has 7 rings (SSSR count). The number of likely N-dealkylation sites (tertiary alicyclic amines) is 1. The lowest BCUT2D eigenvalue weighted by Crippen LogP contribution is -2.62. The molecule has 304 valence electrons. The van der Waals surface area contributed by atoms with E-state index in [1.54, 1.807) is 9.80 Å². The number of aliphatic hydroxyl groups excluding tert-OH is 1. The van der Waals surface area contributed by atoms with Crippen molar-refractivity contribution in [2.75, 3.05) is 52.9 Å². The van der Waals surface area contributed by atoms with Crippen LogP contribution in [0, 0.1) is 23.7 Å². The van der Waals surface area contributed by atoms with Crippen LogP contribution in [0.2, 0.25) is 0 Å². The summed E-state index contributed by atoms with van der Waals surface area (Å²) in [6.45, 7) is 5.23. The van der Waals surface area contributed by atoms with Crippen molar-refractivity contribution in [3.63, 3.8) is 0 Å². The molecule has 3 amide bonds. The van der Waals surface area contributed by atoms with Gasteiger partial charge in [0.1, 0.15) is 18.1 Å². The Balaban J connectivity index is 1.07. The van der Waals surface area contributed by atoms with Gasteiger partial charge in [-0.3, -0.25) is 24.2 Å². The van der Waals surface area contributed by atoms with Crippen molar-refractivity contribution in [2.24, 2.45) is 23.7 Å². The van der Waals surface area contributed by atoms with Gasteiger partial charge in [0.05, 0.1) is 6.10 Å². The molecule has 6 fully saturated rings. The molecule has 7 unspecified atom stereocenters. The summed E-state index contributed by atoms with van der Waals surface area (Å²) in [5.74, 6) is 1.47. The Hall–Kier alpha value is -1.88. The first kappa shape index (κ1) is 40.3. The van der Waals surface area contributed by atoms with Gasteiger partial charge in [0.25, 0.3) is 0 Å². The molecule has 3 aliphatic heterocycles. The van der Waals surface area contributed by atoms with Crippen molar-refractivity contribution in [3.05, 3.63) is 11.8 Å². The first-order valence-corrected chi connectivity index (χ1v) is 22.8. The smallest absolute Gasteiger partial charge is 0.245 e. The molecule has 54 heavy (non-hydrogen) atoms. The number of carbonyl (C=O) groups is 3. The Bertz CT molecular complexity index is 1300. The molecule has 2 saturated heterocycles. The number of carbonyl (C=O) groups excluding carboxylic acids is 3. The maximum atomic E-state index is 14.8. The number of likely N-dealkylation sites (N-methyl/N-ethyl adjacent to an activating group) is 1. The van der Waals surface area contributed by atoms with E-state index in [1.165, 1.54) is 82.6 Å². The number of rotatable bonds is 12. The fraction of sp³-hybridized carbons (Fsp3) is 0.884. The fourth-order valence-electron chi connectivity index (χ4n) is 11.5. The lowest BCUT2D eigenvalue weighted by molar-refractivity contribution is -0.146. The molecule has 0 spiro atoms. The molecule has 3 heterocycles. The highest BCUT2D eigenvalue weighted by Gasteiger charge is 2.46. The minimum absolute atomic E-state index is 0.0333. The zero-order valence-electron chi connectivity index (χ0n) is 33.3. The second kappa shape index (κ2) is 19.0. The summed E-state index contributed by atoms with van der Waals surface area (Å²) in [7, 11) is 1.85. The number of hydrogen-bond acceptors (Lipinski definition) is 7. The second-order valence-electron chi connectivity index (χ2n) is 18.6. The molecule has 0 aromatic heterocycles. The third kappa shape index (κ3) is 9.97. The third-order valence-corrected chi connectivity index (χ3v) is 15.2. The van der Waals surface area contributed by atoms with Gasteiger partial charge in [-0.2, -0.15) is 0 Å². The molecular weight excluding hydrogens is 700 g/mol. The van der Waals surface area contributed by atoms with Crippen molar-refractivity contribution < 1.29 is 19.5 Å². The predicted molar refractivity (Wildman–Crippen MR) is 214 cm³/mol. The van der Waals surface area contributed by atoms with Gasteiger partial charge >= 0.3 is 0 Å². The van der Waals surface area contributed by atoms with Gasteiger partial charge < -0.3 is 25.5 Å². The van der Waals surface area contributed by atoms with Gasteiger partial charge in [0.2, 0.25) is 17.7 Å². The number of piperazine rings is 1. The van der Waals surface area contributed by atoms with Crippen LogP contribution in [0.3, 0.4) is 0 Å². The molecule has 11 heteroatoms. The Kier molecular flexibility index (Phi) is 14.2. The van der Waals surface area contributed by atoms with Gasteiger partial charge in [0, 0.05) is 76.6 Å². The predicted octanol–water partition coefficient (Wildman–Crippen LogP) is 5.27. The maximum absolute atomic E-state index is 14.8. The standard InChI is InChI=1S/C43H71ClN6O4/c1-47(27-32-16-8-10-18-36(32)44)42(53)38(22-33-24-45-37-19-11-9-17-35(33)37)46-41(52)39-23-34(51)28-50(39)43(54)40-29-48(25-30-12-4-2-5-13-30)20-21-49(40)26-31-14-6-3-7-15-31/h24,30-32,34-40,45,51H,2-23,25-29H2,1H3,(H,46,52)/t32?,34-,35?,36?,37?,38?,39?,40?/m1/s1. The van der Waals surface area contributed by atoms with E-state index in [-0.39, 0.29) is 48.0 Å². The van der Waals surface area contributed by atoms with E-state index in [0.29, 0.717) is 43.3 Å². The first-order valence-electron chi connectivity index (χ1n) is 22.3. The highest BCUT2D eigenvalue weighted by Crippen LogP contribution is 2.37. The molecular formula is C43H71ClN6O4. The van der Waals surface area contributed by atoms with Crippen LogP contribution in [-0.2, 0) is 14.4 Å². The number of halogens is 1. The Morgan fingerprint density at radius 2 is 1.52 bits per heavy atom. The Morgan fingerprint density at radius 3 is 2.26 bits per heavy atom. The van der Waals surface area contributed by atoms with Gasteiger partial charge in [-0.1, -0.05) is 64.2 Å². The molecule has 8 atom stereocenters. The van der Waals surface area contributed by atoms with Crippen LogP contribution >= 0.6 is 11.6 Å². The number of fused-ring (bicyclic) bond motifs is 1. The molecule has 0 aromatic rings. The monoisotopic (exact) mass is 771 g/mol. The lowest BCUT2D eigenvalue weighted by Gasteiger charge is -2.45. The van der Waals surface area contributed by atoms with Gasteiger partial charge in [-0.25, -0.2) is 0 Å². The summed E-state index contributed by atoms with van der Waals surface area (Å²) < 4.78 is 0. The van der Waals surface area contributed by atoms with Gasteiger partial charge in [0.15, 0.2) is 0 Å². The largest absolute Gasteiger partial charge is 0.391 e. The summed E-state index contributed by atoms with van der Waals surface area (Å²) in [5.41, 5.74) is 1.21. The van der Waals surface area contributed by atoms with E-state index in [4.69, 9.17) is 11.6 Å². The minimum Gasteiger partial charge on any atom is -0.391 e. The van der Waals surface area contributed by atoms with Crippen LogP contribution in [0.4, 0.5) is 0 Å². The number of β-amino-alcohol motifs (C(OH)–C–C–N with tert-alkyl or cyclic N) is 1. The molecule has 0 radical (unpaired) electrons. The number of hydrogen-bond donors (Lipinski definition) is 3. The average Bonchev–Trinajstić information content (AvgIpc) is 3.79. The zero-order chi connectivity index (χ0) is 37.6. The normalized spacial score (nSPS) is 33.8. The third-order valence-electron chi connectivity index (χ3n) is 14.7. The number of alkyl halides is 1. The topological polar surface area (TPSA) is 108 Å². The van der Waals surface area contributed by atoms with Gasteiger partial charge in [-0.05, 0) is 87.3 Å². The van der Waals surface area contributed by atoms with Crippen LogP contribution in [-0.4, -0.2) is 131 Å². The van der Waals surface area contributed by atoms with E-state index in [9.17, 15) is 19.5 Å². The fourth-order valence-corrected chi connectivity index (χ4v) is 11.9. The summed E-state index contributed by atoms with van der Waals surface area (Å²) in [4.78, 5) is 52.1. The van der Waals surface area contributed by atoms with Gasteiger partial charge in [-0.15, -0.1) is 11.6 Å². The Morgan fingerprint density at radius 1 is 0.852 bits per heavy atom. The van der Waals surface area contributed by atoms with Crippen LogP contribution < -0.4 is 10.6 Å². The average molecular weight is 772 g/mol. The highest BCUT2D eigenvalue weighted by atomic mass is 35.5. The van der Waals surface area contributed by atoms with E-state index >= 15 is 0 Å². The summed E-state index contributed by atoms with van der Waals surface area (Å²) in [6.07, 6.45) is 23.6. The Labute approximate surface area is 330 Å². The summed E-state index contributed by atoms with van der Waals surface area (Å²) >= 11 is 6.75. The molecule has 10 nitrogen and oxygen atoms in total. The van der Waals surface area contributed by atoms with Crippen LogP contribution in [0.25, 0.3) is 0 Å². The van der Waals surface area contributed by atoms with E-state index in [1.807, 2.05) is 7.05 Å². The summed E-state index contributed by atoms with van der Waals surface area (Å²) in [5, 5.41) is 17.9. The zero-order valence-corrected chi connectivity index (χ0v) is 34.0. The molecule has 0 bridgehead atoms. The molecule has 7 aliphatic rings. The minimum atomic E-state index is -0.804. The number of nitrogens with one attached hydrogen (secondary N) is 2. The van der Waals surface area contributed by atoms with E-state index in [0.717, 1.165) is 64.7 Å². The molecule has 0 aromatic carbocycles. The van der Waals surface area contributed by atoms with Crippen LogP contribution in [0.1, 0.15) is 128 Å². The van der Waals surface area contributed by atoms with Crippen molar-refractivity contribution in [3.8, 4) is 0 Å². The SMILES string of the molecule is CN(CC1CCCCC1Cl)C(=O)C(CC1=CNC2CCCCC12)NC(=O)C1C[C@@H](O)CN1C(=O)C1CN(CC2CCCCC2)CCN1CC1CCCCC1. The van der Waals surface area contributed by atoms with Crippen LogP contribution in [0.15, 0.2) is 11.8 Å². The first-order chi connectivity index (χ1) is 26.2. The summed E-state index contributed by atoms with van der Waals surface area (Å²) in [6, 6.07) is -1.47. The molecule has 3 N–H and O–H groups in total. The quantitative estimate of drug-likeness (QED) is 0.232. The molecule has 4 aliphatic carbocycles. The second-order valence-corrected chi connectivity index (χ2v) is 19.2. The van der Waals surface area contributed by atoms with Crippen molar-refractivity contribution in [1.29, 1.82) is 0 Å².